The standard InChI is InChI=1S/C14H19N5O4/c1-7(20)23-4-8-3-9(11(21)14(8,2)22)19-6-18-10-12(15)16-5-17-13(10)19/h5-6,8-9,11,21-22H,3-4H2,1-2H3,(H2,15,16,17)/t8-,9-,11+,14-/m1/s1. The van der Waals surface area contributed by atoms with E-state index >= 15 is 0 Å². The van der Waals surface area contributed by atoms with Gasteiger partial charge in [0.2, 0.25) is 0 Å². The van der Waals surface area contributed by atoms with Gasteiger partial charge in [-0.05, 0) is 13.3 Å². The molecule has 1 aliphatic rings. The number of nitrogens with zero attached hydrogens (tertiary/aromatic N) is 4. The molecule has 124 valence electrons. The lowest BCUT2D eigenvalue weighted by Gasteiger charge is -2.28. The normalized spacial score (nSPS) is 30.7. The molecule has 4 atom stereocenters. The number of fused-ring (bicyclic) bond motifs is 1. The summed E-state index contributed by atoms with van der Waals surface area (Å²) in [5, 5.41) is 21.1. The molecule has 1 fully saturated rings. The first-order valence-electron chi connectivity index (χ1n) is 7.29. The van der Waals surface area contributed by atoms with Crippen LogP contribution in [-0.4, -0.2) is 54.0 Å². The first-order valence-corrected chi connectivity index (χ1v) is 7.29. The van der Waals surface area contributed by atoms with Crippen LogP contribution in [0.1, 0.15) is 26.3 Å². The van der Waals surface area contributed by atoms with Crippen molar-refractivity contribution in [3.63, 3.8) is 0 Å². The van der Waals surface area contributed by atoms with Crippen LogP contribution in [0.2, 0.25) is 0 Å². The van der Waals surface area contributed by atoms with Crippen molar-refractivity contribution >= 4 is 23.0 Å². The third-order valence-electron chi connectivity index (χ3n) is 4.55. The predicted octanol–water partition coefficient (Wildman–Crippen LogP) is -0.356. The number of ether oxygens (including phenoxy) is 1. The number of aromatic nitrogens is 4. The van der Waals surface area contributed by atoms with Gasteiger partial charge < -0.3 is 25.3 Å². The fraction of sp³-hybridized carbons (Fsp3) is 0.571. The molecule has 1 saturated carbocycles. The largest absolute Gasteiger partial charge is 0.465 e. The molecular formula is C14H19N5O4. The highest BCUT2D eigenvalue weighted by molar-refractivity contribution is 5.81. The lowest BCUT2D eigenvalue weighted by Crippen LogP contribution is -2.43. The molecule has 23 heavy (non-hydrogen) atoms. The van der Waals surface area contributed by atoms with Gasteiger partial charge in [-0.15, -0.1) is 0 Å². The van der Waals surface area contributed by atoms with Crippen LogP contribution >= 0.6 is 0 Å². The van der Waals surface area contributed by atoms with Crippen LogP contribution in [0.25, 0.3) is 11.2 Å². The zero-order valence-electron chi connectivity index (χ0n) is 12.9. The number of hydrogen-bond donors (Lipinski definition) is 3. The van der Waals surface area contributed by atoms with Gasteiger partial charge in [0, 0.05) is 12.8 Å². The highest BCUT2D eigenvalue weighted by Gasteiger charge is 2.52. The van der Waals surface area contributed by atoms with Crippen LogP contribution in [-0.2, 0) is 9.53 Å². The Kier molecular flexibility index (Phi) is 3.69. The molecule has 0 aromatic carbocycles. The van der Waals surface area contributed by atoms with Gasteiger partial charge in [-0.1, -0.05) is 0 Å². The summed E-state index contributed by atoms with van der Waals surface area (Å²) in [6.45, 7) is 2.88. The van der Waals surface area contributed by atoms with Crippen molar-refractivity contribution < 1.29 is 19.7 Å². The number of esters is 1. The smallest absolute Gasteiger partial charge is 0.302 e. The number of nitrogens with two attached hydrogens (primary N) is 1. The minimum atomic E-state index is -1.39. The van der Waals surface area contributed by atoms with E-state index in [9.17, 15) is 15.0 Å². The van der Waals surface area contributed by atoms with Crippen molar-refractivity contribution in [2.24, 2.45) is 5.92 Å². The Morgan fingerprint density at radius 2 is 2.26 bits per heavy atom. The zero-order valence-corrected chi connectivity index (χ0v) is 12.9. The van der Waals surface area contributed by atoms with Crippen LogP contribution in [0.3, 0.4) is 0 Å². The van der Waals surface area contributed by atoms with E-state index in [1.807, 2.05) is 0 Å². The molecule has 0 bridgehead atoms. The molecular weight excluding hydrogens is 302 g/mol. The lowest BCUT2D eigenvalue weighted by atomic mass is 9.92. The number of imidazole rings is 1. The van der Waals surface area contributed by atoms with Crippen LogP contribution in [0, 0.1) is 5.92 Å². The number of hydrogen-bond acceptors (Lipinski definition) is 8. The maximum Gasteiger partial charge on any atom is 0.302 e. The Bertz CT molecular complexity index is 744. The van der Waals surface area contributed by atoms with E-state index in [1.54, 1.807) is 4.57 Å². The molecule has 3 rings (SSSR count). The van der Waals surface area contributed by atoms with E-state index in [0.717, 1.165) is 0 Å². The predicted molar refractivity (Wildman–Crippen MR) is 80.1 cm³/mol. The van der Waals surface area contributed by atoms with Gasteiger partial charge in [0.15, 0.2) is 11.5 Å². The average Bonchev–Trinajstić information content (AvgIpc) is 2.99. The van der Waals surface area contributed by atoms with Gasteiger partial charge in [-0.3, -0.25) is 4.79 Å². The van der Waals surface area contributed by atoms with Crippen molar-refractivity contribution in [2.45, 2.75) is 38.0 Å². The van der Waals surface area contributed by atoms with E-state index in [0.29, 0.717) is 17.6 Å². The van der Waals surface area contributed by atoms with Crippen molar-refractivity contribution in [3.05, 3.63) is 12.7 Å². The second kappa shape index (κ2) is 5.43. The SMILES string of the molecule is CC(=O)OC[C@H]1C[C@@H](n2cnc3c(N)ncnc32)[C@H](O)[C@]1(C)O. The van der Waals surface area contributed by atoms with E-state index in [2.05, 4.69) is 15.0 Å². The van der Waals surface area contributed by atoms with Gasteiger partial charge in [-0.25, -0.2) is 15.0 Å². The van der Waals surface area contributed by atoms with Gasteiger partial charge in [0.1, 0.15) is 17.9 Å². The third-order valence-corrected chi connectivity index (χ3v) is 4.55. The molecule has 9 nitrogen and oxygen atoms in total. The molecule has 0 radical (unpaired) electrons. The second-order valence-corrected chi connectivity index (χ2v) is 6.06. The number of aliphatic hydroxyl groups excluding tert-OH is 1. The number of nitrogen functional groups attached to an aromatic ring is 1. The Morgan fingerprint density at radius 3 is 2.96 bits per heavy atom. The molecule has 9 heteroatoms. The van der Waals surface area contributed by atoms with E-state index in [-0.39, 0.29) is 12.4 Å². The number of anilines is 1. The summed E-state index contributed by atoms with van der Waals surface area (Å²) in [6.07, 6.45) is 2.20. The Labute approximate surface area is 132 Å². The van der Waals surface area contributed by atoms with Crippen LogP contribution in [0.15, 0.2) is 12.7 Å². The fourth-order valence-electron chi connectivity index (χ4n) is 3.12. The third kappa shape index (κ3) is 2.51. The monoisotopic (exact) mass is 321 g/mol. The van der Waals surface area contributed by atoms with Crippen molar-refractivity contribution in [3.8, 4) is 0 Å². The summed E-state index contributed by atoms with van der Waals surface area (Å²) in [6, 6.07) is -0.454. The first-order chi connectivity index (χ1) is 10.8. The van der Waals surface area contributed by atoms with Crippen LogP contribution in [0.5, 0.6) is 0 Å². The first kappa shape index (κ1) is 15.6. The molecule has 2 aromatic heterocycles. The van der Waals surface area contributed by atoms with Crippen LogP contribution < -0.4 is 5.73 Å². The summed E-state index contributed by atoms with van der Waals surface area (Å²) in [5.74, 6) is -0.570. The topological polar surface area (TPSA) is 136 Å². The fourth-order valence-corrected chi connectivity index (χ4v) is 3.12. The van der Waals surface area contributed by atoms with Gasteiger partial charge >= 0.3 is 5.97 Å². The van der Waals surface area contributed by atoms with Gasteiger partial charge in [0.05, 0.1) is 24.6 Å². The Hall–Kier alpha value is -2.26. The molecule has 2 heterocycles. The molecule has 4 N–H and O–H groups in total. The lowest BCUT2D eigenvalue weighted by molar-refractivity contribution is -0.146. The molecule has 0 spiro atoms. The molecule has 0 saturated heterocycles. The van der Waals surface area contributed by atoms with E-state index in [4.69, 9.17) is 10.5 Å². The summed E-state index contributed by atoms with van der Waals surface area (Å²) >= 11 is 0. The molecule has 0 unspecified atom stereocenters. The van der Waals surface area contributed by atoms with Gasteiger partial charge in [-0.2, -0.15) is 0 Å². The number of carbonyl (C=O) groups is 1. The highest BCUT2D eigenvalue weighted by atomic mass is 16.5. The molecule has 0 amide bonds. The molecule has 1 aliphatic carbocycles. The molecule has 2 aromatic rings. The van der Waals surface area contributed by atoms with E-state index in [1.165, 1.54) is 26.5 Å². The number of aliphatic hydroxyl groups is 2. The maximum atomic E-state index is 11.0. The summed E-state index contributed by atoms with van der Waals surface area (Å²) in [7, 11) is 0. The quantitative estimate of drug-likeness (QED) is 0.652. The Balaban J connectivity index is 1.93. The average molecular weight is 321 g/mol. The number of rotatable bonds is 3. The van der Waals surface area contributed by atoms with Crippen LogP contribution in [0.4, 0.5) is 5.82 Å². The Morgan fingerprint density at radius 1 is 1.52 bits per heavy atom. The van der Waals surface area contributed by atoms with Crippen molar-refractivity contribution in [2.75, 3.05) is 12.3 Å². The zero-order chi connectivity index (χ0) is 16.8. The van der Waals surface area contributed by atoms with E-state index < -0.39 is 29.6 Å². The molecule has 0 aliphatic heterocycles. The van der Waals surface area contributed by atoms with Gasteiger partial charge in [0.25, 0.3) is 0 Å². The number of carbonyl (C=O) groups excluding carboxylic acids is 1. The highest BCUT2D eigenvalue weighted by Crippen LogP contribution is 2.43. The maximum absolute atomic E-state index is 11.0. The summed E-state index contributed by atoms with van der Waals surface area (Å²) in [4.78, 5) is 23.2. The summed E-state index contributed by atoms with van der Waals surface area (Å²) in [5.41, 5.74) is 5.31. The second-order valence-electron chi connectivity index (χ2n) is 6.06. The minimum Gasteiger partial charge on any atom is -0.465 e. The minimum absolute atomic E-state index is 0.0413. The van der Waals surface area contributed by atoms with Crippen molar-refractivity contribution in [1.82, 2.24) is 19.5 Å². The van der Waals surface area contributed by atoms with Crippen molar-refractivity contribution in [1.29, 1.82) is 0 Å². The summed E-state index contributed by atoms with van der Waals surface area (Å²) < 4.78 is 6.68.